The lowest BCUT2D eigenvalue weighted by atomic mass is 10.1. The average molecular weight is 445 g/mol. The van der Waals surface area contributed by atoms with Gasteiger partial charge in [0.1, 0.15) is 24.1 Å². The minimum Gasteiger partial charge on any atom is -0.490 e. The Morgan fingerprint density at radius 2 is 1.76 bits per heavy atom. The molecule has 0 aliphatic heterocycles. The summed E-state index contributed by atoms with van der Waals surface area (Å²) in [6.45, 7) is 6.81. The summed E-state index contributed by atoms with van der Waals surface area (Å²) in [5, 5.41) is 12.1. The van der Waals surface area contributed by atoms with E-state index in [1.54, 1.807) is 18.2 Å². The molecule has 33 heavy (non-hydrogen) atoms. The van der Waals surface area contributed by atoms with Gasteiger partial charge in [0.2, 0.25) is 0 Å². The van der Waals surface area contributed by atoms with Gasteiger partial charge in [0.15, 0.2) is 11.5 Å². The van der Waals surface area contributed by atoms with E-state index in [2.05, 4.69) is 31.3 Å². The molecule has 5 nitrogen and oxygen atoms in total. The molecular weight excluding hydrogens is 419 g/mol. The monoisotopic (exact) mass is 444 g/mol. The van der Waals surface area contributed by atoms with Crippen molar-refractivity contribution in [3.8, 4) is 17.6 Å². The van der Waals surface area contributed by atoms with Crippen molar-refractivity contribution in [1.82, 2.24) is 0 Å². The second-order valence-corrected chi connectivity index (χ2v) is 7.48. The standard InChI is InChI=1S/C27H25FN2O3/c1-4-32-26-15-20(7-12-25(26)33-17-21-6-5-18(2)19(3)13-21)14-22(16-29)27(31)30-24-10-8-23(28)9-11-24/h5-15H,4,17H2,1-3H3,(H,30,31)/b22-14+. The van der Waals surface area contributed by atoms with E-state index in [1.807, 2.05) is 19.1 Å². The Kier molecular flexibility index (Phi) is 7.82. The van der Waals surface area contributed by atoms with Crippen LogP contribution in [0.5, 0.6) is 11.5 Å². The molecule has 0 atom stereocenters. The van der Waals surface area contributed by atoms with Crippen molar-refractivity contribution < 1.29 is 18.7 Å². The molecule has 0 aromatic heterocycles. The number of nitrogens with zero attached hydrogens (tertiary/aromatic N) is 1. The van der Waals surface area contributed by atoms with E-state index in [-0.39, 0.29) is 5.57 Å². The molecular formula is C27H25FN2O3. The number of nitriles is 1. The largest absolute Gasteiger partial charge is 0.490 e. The van der Waals surface area contributed by atoms with Crippen molar-refractivity contribution in [1.29, 1.82) is 5.26 Å². The Balaban J connectivity index is 1.77. The van der Waals surface area contributed by atoms with Gasteiger partial charge in [-0.1, -0.05) is 24.3 Å². The summed E-state index contributed by atoms with van der Waals surface area (Å²) in [6.07, 6.45) is 1.47. The minimum absolute atomic E-state index is 0.0921. The number of amides is 1. The Morgan fingerprint density at radius 1 is 1.00 bits per heavy atom. The Morgan fingerprint density at radius 3 is 2.42 bits per heavy atom. The smallest absolute Gasteiger partial charge is 0.266 e. The van der Waals surface area contributed by atoms with Crippen LogP contribution in [0.4, 0.5) is 10.1 Å². The maximum absolute atomic E-state index is 13.1. The molecule has 168 valence electrons. The molecule has 3 aromatic carbocycles. The molecule has 6 heteroatoms. The van der Waals surface area contributed by atoms with Crippen molar-refractivity contribution in [2.75, 3.05) is 11.9 Å². The molecule has 0 spiro atoms. The van der Waals surface area contributed by atoms with E-state index in [0.29, 0.717) is 36.0 Å². The van der Waals surface area contributed by atoms with Gasteiger partial charge in [0.25, 0.3) is 5.91 Å². The lowest BCUT2D eigenvalue weighted by molar-refractivity contribution is -0.112. The number of benzene rings is 3. The molecule has 0 aliphatic carbocycles. The summed E-state index contributed by atoms with van der Waals surface area (Å²) in [4.78, 5) is 12.5. The Bertz CT molecular complexity index is 1210. The maximum Gasteiger partial charge on any atom is 0.266 e. The number of hydrogen-bond acceptors (Lipinski definition) is 4. The fourth-order valence-electron chi connectivity index (χ4n) is 3.10. The van der Waals surface area contributed by atoms with Gasteiger partial charge in [-0.05, 0) is 85.5 Å². The molecule has 0 saturated heterocycles. The number of hydrogen-bond donors (Lipinski definition) is 1. The minimum atomic E-state index is -0.586. The number of anilines is 1. The lowest BCUT2D eigenvalue weighted by Gasteiger charge is -2.13. The first-order valence-electron chi connectivity index (χ1n) is 10.5. The van der Waals surface area contributed by atoms with Gasteiger partial charge in [-0.25, -0.2) is 4.39 Å². The summed E-state index contributed by atoms with van der Waals surface area (Å²) in [6, 6.07) is 18.6. The second kappa shape index (κ2) is 11.0. The lowest BCUT2D eigenvalue weighted by Crippen LogP contribution is -2.13. The molecule has 0 heterocycles. The second-order valence-electron chi connectivity index (χ2n) is 7.48. The zero-order valence-electron chi connectivity index (χ0n) is 18.8. The number of carbonyl (C=O) groups is 1. The first kappa shape index (κ1) is 23.6. The first-order chi connectivity index (χ1) is 15.9. The van der Waals surface area contributed by atoms with Gasteiger partial charge in [0, 0.05) is 5.69 Å². The van der Waals surface area contributed by atoms with Crippen LogP contribution >= 0.6 is 0 Å². The number of rotatable bonds is 8. The summed E-state index contributed by atoms with van der Waals surface area (Å²) in [7, 11) is 0. The number of halogens is 1. The van der Waals surface area contributed by atoms with E-state index in [1.165, 1.54) is 41.5 Å². The van der Waals surface area contributed by atoms with Crippen molar-refractivity contribution in [2.24, 2.45) is 0 Å². The highest BCUT2D eigenvalue weighted by atomic mass is 19.1. The maximum atomic E-state index is 13.1. The van der Waals surface area contributed by atoms with Crippen LogP contribution < -0.4 is 14.8 Å². The van der Waals surface area contributed by atoms with Crippen LogP contribution in [0.3, 0.4) is 0 Å². The van der Waals surface area contributed by atoms with Gasteiger partial charge < -0.3 is 14.8 Å². The molecule has 0 aliphatic rings. The number of aryl methyl sites for hydroxylation is 2. The third kappa shape index (κ3) is 6.44. The predicted molar refractivity (Wildman–Crippen MR) is 126 cm³/mol. The first-order valence-corrected chi connectivity index (χ1v) is 10.5. The fraction of sp³-hybridized carbons (Fsp3) is 0.185. The average Bonchev–Trinajstić information content (AvgIpc) is 2.80. The summed E-state index contributed by atoms with van der Waals surface area (Å²) in [5.74, 6) is 0.0947. The third-order valence-electron chi connectivity index (χ3n) is 5.01. The molecule has 0 radical (unpaired) electrons. The van der Waals surface area contributed by atoms with Crippen LogP contribution in [0.2, 0.25) is 0 Å². The van der Waals surface area contributed by atoms with Gasteiger partial charge in [0.05, 0.1) is 6.61 Å². The normalized spacial score (nSPS) is 10.9. The molecule has 0 bridgehead atoms. The van der Waals surface area contributed by atoms with Crippen molar-refractivity contribution >= 4 is 17.7 Å². The molecule has 3 rings (SSSR count). The number of nitrogens with one attached hydrogen (secondary N) is 1. The highest BCUT2D eigenvalue weighted by Crippen LogP contribution is 2.30. The van der Waals surface area contributed by atoms with Crippen LogP contribution in [0.25, 0.3) is 6.08 Å². The van der Waals surface area contributed by atoms with Crippen molar-refractivity contribution in [2.45, 2.75) is 27.4 Å². The quantitative estimate of drug-likeness (QED) is 0.343. The van der Waals surface area contributed by atoms with Crippen LogP contribution in [-0.2, 0) is 11.4 Å². The highest BCUT2D eigenvalue weighted by Gasteiger charge is 2.12. The van der Waals surface area contributed by atoms with Gasteiger partial charge in [-0.3, -0.25) is 4.79 Å². The predicted octanol–water partition coefficient (Wildman–Crippen LogP) is 5.97. The summed E-state index contributed by atoms with van der Waals surface area (Å²) in [5.41, 5.74) is 4.39. The Hall–Kier alpha value is -4.11. The van der Waals surface area contributed by atoms with Crippen molar-refractivity contribution in [3.05, 3.63) is 94.3 Å². The highest BCUT2D eigenvalue weighted by molar-refractivity contribution is 6.09. The van der Waals surface area contributed by atoms with Crippen molar-refractivity contribution in [3.63, 3.8) is 0 Å². The zero-order valence-corrected chi connectivity index (χ0v) is 18.8. The SMILES string of the molecule is CCOc1cc(/C=C(\C#N)C(=O)Nc2ccc(F)cc2)ccc1OCc1ccc(C)c(C)c1. The van der Waals surface area contributed by atoms with Crippen LogP contribution in [0.1, 0.15) is 29.2 Å². The van der Waals surface area contributed by atoms with Gasteiger partial charge >= 0.3 is 0 Å². The van der Waals surface area contributed by atoms with Crippen LogP contribution in [0.15, 0.2) is 66.2 Å². The van der Waals surface area contributed by atoms with Crippen LogP contribution in [-0.4, -0.2) is 12.5 Å². The summed E-state index contributed by atoms with van der Waals surface area (Å²) < 4.78 is 24.7. The van der Waals surface area contributed by atoms with Crippen LogP contribution in [0, 0.1) is 31.0 Å². The molecule has 0 saturated carbocycles. The topological polar surface area (TPSA) is 71.3 Å². The molecule has 3 aromatic rings. The fourth-order valence-corrected chi connectivity index (χ4v) is 3.10. The van der Waals surface area contributed by atoms with E-state index in [0.717, 1.165) is 5.56 Å². The summed E-state index contributed by atoms with van der Waals surface area (Å²) >= 11 is 0. The van der Waals surface area contributed by atoms with Gasteiger partial charge in [-0.15, -0.1) is 0 Å². The van der Waals surface area contributed by atoms with Gasteiger partial charge in [-0.2, -0.15) is 5.26 Å². The van der Waals surface area contributed by atoms with E-state index < -0.39 is 11.7 Å². The molecule has 1 N–H and O–H groups in total. The molecule has 0 fully saturated rings. The van der Waals surface area contributed by atoms with E-state index in [9.17, 15) is 14.4 Å². The van der Waals surface area contributed by atoms with E-state index in [4.69, 9.17) is 9.47 Å². The Labute approximate surface area is 193 Å². The number of carbonyl (C=O) groups excluding carboxylic acids is 1. The zero-order chi connectivity index (χ0) is 23.8. The molecule has 0 unspecified atom stereocenters. The third-order valence-corrected chi connectivity index (χ3v) is 5.01. The van der Waals surface area contributed by atoms with E-state index >= 15 is 0 Å². The molecule has 1 amide bonds. The number of ether oxygens (including phenoxy) is 2.